The van der Waals surface area contributed by atoms with Crippen molar-refractivity contribution in [2.75, 3.05) is 11.1 Å². The van der Waals surface area contributed by atoms with E-state index in [4.69, 9.17) is 5.73 Å². The van der Waals surface area contributed by atoms with Gasteiger partial charge < -0.3 is 11.1 Å². The zero-order chi connectivity index (χ0) is 19.8. The molecule has 0 saturated heterocycles. The number of rotatable bonds is 5. The van der Waals surface area contributed by atoms with Crippen molar-refractivity contribution in [3.05, 3.63) is 50.6 Å². The third-order valence-electron chi connectivity index (χ3n) is 4.70. The first-order chi connectivity index (χ1) is 13.5. The molecule has 1 aromatic carbocycles. The molecule has 0 atom stereocenters. The molecular formula is C19H18N4O3S2. The number of primary amides is 1. The number of thioether (sulfide) groups is 1. The molecule has 3 aromatic rings. The molecule has 1 aliphatic rings. The molecule has 0 radical (unpaired) electrons. The van der Waals surface area contributed by atoms with Crippen LogP contribution in [0.25, 0.3) is 10.9 Å². The van der Waals surface area contributed by atoms with Gasteiger partial charge in [-0.1, -0.05) is 23.9 Å². The van der Waals surface area contributed by atoms with Gasteiger partial charge in [-0.2, -0.15) is 0 Å². The molecule has 0 fully saturated rings. The Kier molecular flexibility index (Phi) is 4.94. The van der Waals surface area contributed by atoms with E-state index in [-0.39, 0.29) is 17.2 Å². The molecule has 0 aliphatic heterocycles. The Balaban J connectivity index is 1.52. The highest BCUT2D eigenvalue weighted by Crippen LogP contribution is 2.38. The molecule has 0 spiro atoms. The van der Waals surface area contributed by atoms with Crippen molar-refractivity contribution in [1.29, 1.82) is 0 Å². The molecule has 0 bridgehead atoms. The van der Waals surface area contributed by atoms with Crippen LogP contribution in [0.2, 0.25) is 0 Å². The van der Waals surface area contributed by atoms with E-state index < -0.39 is 5.91 Å². The van der Waals surface area contributed by atoms with Crippen molar-refractivity contribution in [1.82, 2.24) is 9.55 Å². The lowest BCUT2D eigenvalue weighted by molar-refractivity contribution is -0.113. The first-order valence-corrected chi connectivity index (χ1v) is 10.6. The molecule has 0 saturated carbocycles. The average molecular weight is 415 g/mol. The third-order valence-corrected chi connectivity index (χ3v) is 6.93. The largest absolute Gasteiger partial charge is 0.365 e. The second kappa shape index (κ2) is 7.40. The highest BCUT2D eigenvalue weighted by molar-refractivity contribution is 7.99. The Morgan fingerprint density at radius 3 is 2.89 bits per heavy atom. The molecule has 0 unspecified atom stereocenters. The van der Waals surface area contributed by atoms with Crippen molar-refractivity contribution < 1.29 is 9.59 Å². The van der Waals surface area contributed by atoms with Crippen LogP contribution in [-0.4, -0.2) is 27.1 Å². The number of nitrogens with one attached hydrogen (secondary N) is 1. The van der Waals surface area contributed by atoms with Crippen LogP contribution in [0.4, 0.5) is 5.00 Å². The number of fused-ring (bicyclic) bond motifs is 2. The van der Waals surface area contributed by atoms with Gasteiger partial charge in [-0.3, -0.25) is 19.0 Å². The summed E-state index contributed by atoms with van der Waals surface area (Å²) in [6.07, 6.45) is 2.74. The maximum Gasteiger partial charge on any atom is 0.261 e. The maximum atomic E-state index is 12.5. The second-order valence-electron chi connectivity index (χ2n) is 6.54. The summed E-state index contributed by atoms with van der Waals surface area (Å²) < 4.78 is 1.44. The molecule has 2 aromatic heterocycles. The van der Waals surface area contributed by atoms with Gasteiger partial charge in [0.2, 0.25) is 5.91 Å². The summed E-state index contributed by atoms with van der Waals surface area (Å²) in [4.78, 5) is 42.3. The van der Waals surface area contributed by atoms with Crippen LogP contribution < -0.4 is 16.6 Å². The van der Waals surface area contributed by atoms with E-state index in [1.54, 1.807) is 25.2 Å². The molecule has 1 aliphatic carbocycles. The van der Waals surface area contributed by atoms with E-state index in [2.05, 4.69) is 10.3 Å². The number of benzene rings is 1. The lowest BCUT2D eigenvalue weighted by atomic mass is 10.1. The van der Waals surface area contributed by atoms with Crippen LogP contribution in [0.15, 0.2) is 34.2 Å². The molecule has 28 heavy (non-hydrogen) atoms. The first kappa shape index (κ1) is 18.7. The zero-order valence-electron chi connectivity index (χ0n) is 15.2. The van der Waals surface area contributed by atoms with Crippen LogP contribution in [0.3, 0.4) is 0 Å². The van der Waals surface area contributed by atoms with Crippen molar-refractivity contribution in [2.45, 2.75) is 24.4 Å². The number of amides is 2. The average Bonchev–Trinajstić information content (AvgIpc) is 3.24. The van der Waals surface area contributed by atoms with Gasteiger partial charge in [-0.05, 0) is 37.0 Å². The van der Waals surface area contributed by atoms with Crippen LogP contribution >= 0.6 is 23.1 Å². The van der Waals surface area contributed by atoms with Crippen LogP contribution in [-0.2, 0) is 24.7 Å². The van der Waals surface area contributed by atoms with Gasteiger partial charge in [0.05, 0.1) is 22.2 Å². The number of aromatic nitrogens is 2. The highest BCUT2D eigenvalue weighted by atomic mass is 32.2. The number of aryl methyl sites for hydroxylation is 1. The lowest BCUT2D eigenvalue weighted by Crippen LogP contribution is -2.22. The number of hydrogen-bond donors (Lipinski definition) is 2. The van der Waals surface area contributed by atoms with Gasteiger partial charge in [0.1, 0.15) is 5.00 Å². The Hall–Kier alpha value is -2.65. The minimum absolute atomic E-state index is 0.0688. The molecule has 9 heteroatoms. The Labute approximate surface area is 169 Å². The maximum absolute atomic E-state index is 12.5. The zero-order valence-corrected chi connectivity index (χ0v) is 16.8. The predicted molar refractivity (Wildman–Crippen MR) is 111 cm³/mol. The number of carbonyl (C=O) groups excluding carboxylic acids is 2. The number of thiophene rings is 1. The second-order valence-corrected chi connectivity index (χ2v) is 8.59. The van der Waals surface area contributed by atoms with Gasteiger partial charge in [-0.15, -0.1) is 11.3 Å². The lowest BCUT2D eigenvalue weighted by Gasteiger charge is -2.09. The fourth-order valence-electron chi connectivity index (χ4n) is 3.37. The summed E-state index contributed by atoms with van der Waals surface area (Å²) >= 11 is 2.60. The molecular weight excluding hydrogens is 396 g/mol. The number of carbonyl (C=O) groups is 2. The number of nitrogens with zero attached hydrogens (tertiary/aromatic N) is 2. The Morgan fingerprint density at radius 2 is 2.11 bits per heavy atom. The van der Waals surface area contributed by atoms with E-state index in [0.717, 1.165) is 29.7 Å². The van der Waals surface area contributed by atoms with Crippen molar-refractivity contribution in [3.63, 3.8) is 0 Å². The highest BCUT2D eigenvalue weighted by Gasteiger charge is 2.26. The monoisotopic (exact) mass is 414 g/mol. The van der Waals surface area contributed by atoms with Gasteiger partial charge in [0, 0.05) is 11.9 Å². The minimum Gasteiger partial charge on any atom is -0.365 e. The summed E-state index contributed by atoms with van der Waals surface area (Å²) in [5.74, 6) is -0.713. The number of para-hydroxylation sites is 1. The minimum atomic E-state index is -0.513. The summed E-state index contributed by atoms with van der Waals surface area (Å²) in [5.41, 5.74) is 7.38. The first-order valence-electron chi connectivity index (χ1n) is 8.78. The van der Waals surface area contributed by atoms with Gasteiger partial charge >= 0.3 is 0 Å². The topological polar surface area (TPSA) is 107 Å². The molecule has 7 nitrogen and oxygen atoms in total. The smallest absolute Gasteiger partial charge is 0.261 e. The van der Waals surface area contributed by atoms with E-state index in [0.29, 0.717) is 26.6 Å². The normalized spacial score (nSPS) is 12.9. The fourth-order valence-corrected chi connectivity index (χ4v) is 5.46. The Morgan fingerprint density at radius 1 is 1.32 bits per heavy atom. The summed E-state index contributed by atoms with van der Waals surface area (Å²) in [5, 5.41) is 4.32. The summed E-state index contributed by atoms with van der Waals surface area (Å²) in [6, 6.07) is 7.11. The molecule has 3 N–H and O–H groups in total. The van der Waals surface area contributed by atoms with Gasteiger partial charge in [-0.25, -0.2) is 4.98 Å². The quantitative estimate of drug-likeness (QED) is 0.492. The van der Waals surface area contributed by atoms with E-state index in [1.807, 2.05) is 6.07 Å². The fraction of sp³-hybridized carbons (Fsp3) is 0.263. The van der Waals surface area contributed by atoms with Crippen LogP contribution in [0, 0.1) is 0 Å². The van der Waals surface area contributed by atoms with Crippen molar-refractivity contribution in [3.8, 4) is 0 Å². The molecule has 2 amide bonds. The number of hydrogen-bond acceptors (Lipinski definition) is 6. The molecule has 144 valence electrons. The Bertz CT molecular complexity index is 1170. The number of anilines is 1. The van der Waals surface area contributed by atoms with Gasteiger partial charge in [0.15, 0.2) is 5.16 Å². The third kappa shape index (κ3) is 3.31. The predicted octanol–water partition coefficient (Wildman–Crippen LogP) is 2.31. The van der Waals surface area contributed by atoms with Crippen LogP contribution in [0.1, 0.15) is 27.2 Å². The van der Waals surface area contributed by atoms with Gasteiger partial charge in [0.25, 0.3) is 11.5 Å². The molecule has 4 rings (SSSR count). The SMILES string of the molecule is Cn1c(SCC(=O)Nc2sc3c(c2C(N)=O)CCC3)nc2ccccc2c1=O. The van der Waals surface area contributed by atoms with Crippen molar-refractivity contribution in [2.24, 2.45) is 12.8 Å². The standard InChI is InChI=1S/C19H18N4O3S2/c1-23-18(26)10-5-2-3-7-12(10)21-19(23)27-9-14(24)22-17-15(16(20)25)11-6-4-8-13(11)28-17/h2-3,5,7H,4,6,8-9H2,1H3,(H2,20,25)(H,22,24). The van der Waals surface area contributed by atoms with Crippen molar-refractivity contribution >= 4 is 50.8 Å². The molecule has 2 heterocycles. The summed E-state index contributed by atoms with van der Waals surface area (Å²) in [7, 11) is 1.64. The number of nitrogens with two attached hydrogens (primary N) is 1. The summed E-state index contributed by atoms with van der Waals surface area (Å²) in [6.45, 7) is 0. The van der Waals surface area contributed by atoms with E-state index in [1.165, 1.54) is 27.7 Å². The van der Waals surface area contributed by atoms with E-state index >= 15 is 0 Å². The van der Waals surface area contributed by atoms with Crippen LogP contribution in [0.5, 0.6) is 0 Å². The van der Waals surface area contributed by atoms with E-state index in [9.17, 15) is 14.4 Å².